The molecular formula is C11H23N3OS. The molecule has 0 aliphatic carbocycles. The van der Waals surface area contributed by atoms with E-state index in [-0.39, 0.29) is 5.91 Å². The van der Waals surface area contributed by atoms with Crippen molar-refractivity contribution in [2.75, 3.05) is 18.8 Å². The first-order chi connectivity index (χ1) is 7.44. The van der Waals surface area contributed by atoms with Crippen LogP contribution in [0, 0.1) is 0 Å². The molecule has 1 unspecified atom stereocenters. The number of nitrogens with two attached hydrogens (primary N) is 1. The molecule has 94 valence electrons. The Morgan fingerprint density at radius 3 is 2.88 bits per heavy atom. The normalized spacial score (nSPS) is 22.8. The Balaban J connectivity index is 2.35. The van der Waals surface area contributed by atoms with Gasteiger partial charge in [0.2, 0.25) is 5.91 Å². The molecule has 1 atom stereocenters. The van der Waals surface area contributed by atoms with Crippen molar-refractivity contribution in [3.8, 4) is 0 Å². The molecule has 0 bridgehead atoms. The number of thioether (sulfide) groups is 1. The summed E-state index contributed by atoms with van der Waals surface area (Å²) in [5.74, 6) is 6.17. The smallest absolute Gasteiger partial charge is 0.233 e. The summed E-state index contributed by atoms with van der Waals surface area (Å²) in [4.78, 5) is 13.5. The maximum Gasteiger partial charge on any atom is 0.233 e. The fraction of sp³-hybridized carbons (Fsp3) is 0.909. The molecule has 0 aromatic rings. The van der Waals surface area contributed by atoms with Crippen molar-refractivity contribution in [2.45, 2.75) is 44.4 Å². The Labute approximate surface area is 102 Å². The molecule has 1 fully saturated rings. The van der Waals surface area contributed by atoms with E-state index < -0.39 is 0 Å². The van der Waals surface area contributed by atoms with E-state index in [1.807, 2.05) is 11.8 Å². The molecule has 0 aromatic heterocycles. The Kier molecular flexibility index (Phi) is 5.08. The summed E-state index contributed by atoms with van der Waals surface area (Å²) in [5.41, 5.74) is 2.18. The second kappa shape index (κ2) is 5.89. The summed E-state index contributed by atoms with van der Waals surface area (Å²) in [6.45, 7) is 8.98. The van der Waals surface area contributed by atoms with Crippen molar-refractivity contribution in [3.05, 3.63) is 0 Å². The molecular weight excluding hydrogens is 222 g/mol. The minimum Gasteiger partial charge on any atom is -0.298 e. The van der Waals surface area contributed by atoms with Crippen LogP contribution in [0.15, 0.2) is 0 Å². The van der Waals surface area contributed by atoms with Crippen LogP contribution < -0.4 is 11.3 Å². The van der Waals surface area contributed by atoms with Gasteiger partial charge in [0.05, 0.1) is 0 Å². The number of carbonyl (C=O) groups excluding carboxylic acids is 1. The van der Waals surface area contributed by atoms with E-state index in [1.54, 1.807) is 0 Å². The van der Waals surface area contributed by atoms with Gasteiger partial charge in [0.15, 0.2) is 0 Å². The lowest BCUT2D eigenvalue weighted by Gasteiger charge is -2.40. The minimum absolute atomic E-state index is 0.0718. The number of hydrogen-bond donors (Lipinski definition) is 2. The molecule has 0 aromatic carbocycles. The molecule has 4 nitrogen and oxygen atoms in total. The van der Waals surface area contributed by atoms with Crippen LogP contribution in [0.2, 0.25) is 0 Å². The Bertz CT molecular complexity index is 245. The summed E-state index contributed by atoms with van der Waals surface area (Å²) < 4.78 is 0.336. The van der Waals surface area contributed by atoms with Gasteiger partial charge in [-0.15, -0.1) is 0 Å². The first-order valence-corrected chi connectivity index (χ1v) is 6.80. The third-order valence-corrected chi connectivity index (χ3v) is 4.33. The quantitative estimate of drug-likeness (QED) is 0.440. The zero-order chi connectivity index (χ0) is 12.2. The van der Waals surface area contributed by atoms with Crippen LogP contribution in [0.3, 0.4) is 0 Å². The average Bonchev–Trinajstić information content (AvgIpc) is 2.23. The standard InChI is InChI=1S/C11H23N3OS/c1-9(4-5-10(15)13-12)14-6-7-16-11(2,3)8-14/h9H,4-8,12H2,1-3H3,(H,13,15). The third-order valence-electron chi connectivity index (χ3n) is 3.03. The van der Waals surface area contributed by atoms with Gasteiger partial charge in [-0.05, 0) is 27.2 Å². The van der Waals surface area contributed by atoms with Crippen LogP contribution in [-0.2, 0) is 4.79 Å². The minimum atomic E-state index is -0.0718. The second-order valence-electron chi connectivity index (χ2n) is 5.03. The molecule has 3 N–H and O–H groups in total. The highest BCUT2D eigenvalue weighted by molar-refractivity contribution is 8.00. The van der Waals surface area contributed by atoms with Crippen LogP contribution in [-0.4, -0.2) is 40.4 Å². The summed E-state index contributed by atoms with van der Waals surface area (Å²) in [6.07, 6.45) is 1.39. The molecule has 1 rings (SSSR count). The van der Waals surface area contributed by atoms with Gasteiger partial charge < -0.3 is 0 Å². The highest BCUT2D eigenvalue weighted by Gasteiger charge is 2.29. The van der Waals surface area contributed by atoms with E-state index in [9.17, 15) is 4.79 Å². The molecule has 0 radical (unpaired) electrons. The van der Waals surface area contributed by atoms with Gasteiger partial charge in [0, 0.05) is 36.1 Å². The van der Waals surface area contributed by atoms with Gasteiger partial charge in [-0.3, -0.25) is 15.1 Å². The number of nitrogens with one attached hydrogen (secondary N) is 1. The lowest BCUT2D eigenvalue weighted by atomic mass is 10.1. The fourth-order valence-electron chi connectivity index (χ4n) is 2.02. The average molecular weight is 245 g/mol. The molecule has 1 amide bonds. The van der Waals surface area contributed by atoms with Crippen LogP contribution in [0.1, 0.15) is 33.6 Å². The van der Waals surface area contributed by atoms with Gasteiger partial charge >= 0.3 is 0 Å². The maximum absolute atomic E-state index is 11.1. The van der Waals surface area contributed by atoms with E-state index in [4.69, 9.17) is 5.84 Å². The number of rotatable bonds is 4. The molecule has 0 spiro atoms. The van der Waals surface area contributed by atoms with E-state index in [1.165, 1.54) is 5.75 Å². The molecule has 1 aliphatic heterocycles. The van der Waals surface area contributed by atoms with E-state index in [2.05, 4.69) is 31.1 Å². The summed E-state index contributed by atoms with van der Waals surface area (Å²) >= 11 is 2.03. The summed E-state index contributed by atoms with van der Waals surface area (Å²) in [6, 6.07) is 0.456. The van der Waals surface area contributed by atoms with Gasteiger partial charge in [0.25, 0.3) is 0 Å². The molecule has 1 saturated heterocycles. The summed E-state index contributed by atoms with van der Waals surface area (Å²) in [5, 5.41) is 0. The third kappa shape index (κ3) is 4.31. The first kappa shape index (κ1) is 13.8. The fourth-order valence-corrected chi connectivity index (χ4v) is 3.16. The Morgan fingerprint density at radius 2 is 2.31 bits per heavy atom. The first-order valence-electron chi connectivity index (χ1n) is 5.82. The lowest BCUT2D eigenvalue weighted by molar-refractivity contribution is -0.121. The molecule has 5 heteroatoms. The SMILES string of the molecule is CC(CCC(=O)NN)N1CCSC(C)(C)C1. The molecule has 1 aliphatic rings. The molecule has 0 saturated carbocycles. The van der Waals surface area contributed by atoms with Crippen LogP contribution in [0.25, 0.3) is 0 Å². The topological polar surface area (TPSA) is 58.4 Å². The number of hydrogen-bond acceptors (Lipinski definition) is 4. The van der Waals surface area contributed by atoms with E-state index in [0.717, 1.165) is 19.5 Å². The van der Waals surface area contributed by atoms with Crippen molar-refractivity contribution in [2.24, 2.45) is 5.84 Å². The number of nitrogens with zero attached hydrogens (tertiary/aromatic N) is 1. The maximum atomic E-state index is 11.1. The van der Waals surface area contributed by atoms with Crippen molar-refractivity contribution >= 4 is 17.7 Å². The predicted molar refractivity (Wildman–Crippen MR) is 69.1 cm³/mol. The highest BCUT2D eigenvalue weighted by Crippen LogP contribution is 2.30. The Morgan fingerprint density at radius 1 is 1.62 bits per heavy atom. The van der Waals surface area contributed by atoms with Crippen molar-refractivity contribution in [1.82, 2.24) is 10.3 Å². The summed E-state index contributed by atoms with van der Waals surface area (Å²) in [7, 11) is 0. The van der Waals surface area contributed by atoms with Crippen LogP contribution in [0.5, 0.6) is 0 Å². The van der Waals surface area contributed by atoms with Gasteiger partial charge in [-0.2, -0.15) is 11.8 Å². The van der Waals surface area contributed by atoms with Crippen molar-refractivity contribution < 1.29 is 4.79 Å². The number of hydrazine groups is 1. The van der Waals surface area contributed by atoms with Crippen LogP contribution in [0.4, 0.5) is 0 Å². The van der Waals surface area contributed by atoms with E-state index in [0.29, 0.717) is 17.2 Å². The predicted octanol–water partition coefficient (Wildman–Crippen LogP) is 0.972. The zero-order valence-corrected chi connectivity index (χ0v) is 11.3. The van der Waals surface area contributed by atoms with Gasteiger partial charge in [-0.25, -0.2) is 5.84 Å². The van der Waals surface area contributed by atoms with Crippen molar-refractivity contribution in [1.29, 1.82) is 0 Å². The lowest BCUT2D eigenvalue weighted by Crippen LogP contribution is -2.47. The number of amides is 1. The van der Waals surface area contributed by atoms with Crippen molar-refractivity contribution in [3.63, 3.8) is 0 Å². The highest BCUT2D eigenvalue weighted by atomic mass is 32.2. The van der Waals surface area contributed by atoms with Gasteiger partial charge in [-0.1, -0.05) is 0 Å². The zero-order valence-electron chi connectivity index (χ0n) is 10.5. The van der Waals surface area contributed by atoms with E-state index >= 15 is 0 Å². The Hall–Kier alpha value is -0.260. The number of carbonyl (C=O) groups is 1. The van der Waals surface area contributed by atoms with Gasteiger partial charge in [0.1, 0.15) is 0 Å². The largest absolute Gasteiger partial charge is 0.298 e. The molecule has 16 heavy (non-hydrogen) atoms. The second-order valence-corrected chi connectivity index (χ2v) is 6.84. The monoisotopic (exact) mass is 245 g/mol. The molecule has 1 heterocycles. The van der Waals surface area contributed by atoms with Crippen LogP contribution >= 0.6 is 11.8 Å².